The molecule has 7 heteroatoms. The highest BCUT2D eigenvalue weighted by molar-refractivity contribution is 5.89. The van der Waals surface area contributed by atoms with Crippen LogP contribution in [0.4, 0.5) is 23.7 Å². The zero-order valence-electron chi connectivity index (χ0n) is 19.6. The second kappa shape index (κ2) is 10.8. The number of methoxy groups -OCH3 is 1. The minimum atomic E-state index is -4.42. The lowest BCUT2D eigenvalue weighted by atomic mass is 9.81. The van der Waals surface area contributed by atoms with Crippen molar-refractivity contribution in [3.8, 4) is 5.75 Å². The molecule has 1 saturated carbocycles. The minimum absolute atomic E-state index is 0.0338. The number of carbonyl (C=O) groups is 1. The lowest BCUT2D eigenvalue weighted by Gasteiger charge is -2.37. The van der Waals surface area contributed by atoms with Crippen LogP contribution in [0, 0.1) is 0 Å². The van der Waals surface area contributed by atoms with Gasteiger partial charge in [-0.05, 0) is 79.1 Å². The van der Waals surface area contributed by atoms with Crippen molar-refractivity contribution in [3.05, 3.63) is 95.6 Å². The number of rotatable bonds is 6. The van der Waals surface area contributed by atoms with Gasteiger partial charge in [-0.2, -0.15) is 13.2 Å². The van der Waals surface area contributed by atoms with E-state index in [2.05, 4.69) is 29.6 Å². The largest absolute Gasteiger partial charge is 0.497 e. The molecule has 1 N–H and O–H groups in total. The average molecular weight is 483 g/mol. The summed E-state index contributed by atoms with van der Waals surface area (Å²) in [6.45, 7) is 0.400. The monoisotopic (exact) mass is 482 g/mol. The number of carbonyl (C=O) groups excluding carboxylic acids is 1. The molecule has 0 aromatic heterocycles. The number of anilines is 1. The van der Waals surface area contributed by atoms with Crippen molar-refractivity contribution in [1.82, 2.24) is 4.90 Å². The number of urea groups is 1. The summed E-state index contributed by atoms with van der Waals surface area (Å²) in [4.78, 5) is 15.1. The third-order valence-corrected chi connectivity index (χ3v) is 6.64. The summed E-state index contributed by atoms with van der Waals surface area (Å²) in [6.07, 6.45) is -0.755. The van der Waals surface area contributed by atoms with Gasteiger partial charge in [0.25, 0.3) is 0 Å². The van der Waals surface area contributed by atoms with Gasteiger partial charge in [0.15, 0.2) is 0 Å². The van der Waals surface area contributed by atoms with Crippen molar-refractivity contribution in [2.45, 2.75) is 50.4 Å². The highest BCUT2D eigenvalue weighted by Gasteiger charge is 2.31. The van der Waals surface area contributed by atoms with Crippen LogP contribution in [0.15, 0.2) is 78.9 Å². The Morgan fingerprint density at radius 3 is 2.11 bits per heavy atom. The summed E-state index contributed by atoms with van der Waals surface area (Å²) in [5.41, 5.74) is 1.87. The molecule has 0 unspecified atom stereocenters. The fourth-order valence-corrected chi connectivity index (χ4v) is 4.68. The van der Waals surface area contributed by atoms with E-state index in [1.54, 1.807) is 12.0 Å². The molecule has 0 atom stereocenters. The number of hydrogen-bond donors (Lipinski definition) is 1. The number of amides is 2. The molecule has 0 heterocycles. The number of nitrogens with zero attached hydrogens (tertiary/aromatic N) is 1. The van der Waals surface area contributed by atoms with E-state index < -0.39 is 11.7 Å². The van der Waals surface area contributed by atoms with Crippen LogP contribution in [0.25, 0.3) is 0 Å². The second-order valence-corrected chi connectivity index (χ2v) is 8.90. The van der Waals surface area contributed by atoms with Crippen molar-refractivity contribution in [2.75, 3.05) is 12.4 Å². The maximum atomic E-state index is 13.3. The molecule has 35 heavy (non-hydrogen) atoms. The summed E-state index contributed by atoms with van der Waals surface area (Å²) in [7, 11) is 1.60. The van der Waals surface area contributed by atoms with Gasteiger partial charge < -0.3 is 15.0 Å². The smallest absolute Gasteiger partial charge is 0.416 e. The Balaban J connectivity index is 1.49. The van der Waals surface area contributed by atoms with E-state index in [-0.39, 0.29) is 12.1 Å². The lowest BCUT2D eigenvalue weighted by Crippen LogP contribution is -2.44. The molecule has 3 aromatic rings. The topological polar surface area (TPSA) is 41.6 Å². The maximum absolute atomic E-state index is 13.3. The quantitative estimate of drug-likeness (QED) is 0.396. The Labute approximate surface area is 203 Å². The first-order valence-electron chi connectivity index (χ1n) is 11.8. The number of nitrogens with one attached hydrogen (secondary N) is 1. The Bertz CT molecular complexity index is 1090. The van der Waals surface area contributed by atoms with Crippen LogP contribution in [-0.2, 0) is 12.7 Å². The van der Waals surface area contributed by atoms with Crippen LogP contribution in [0.5, 0.6) is 5.75 Å². The maximum Gasteiger partial charge on any atom is 0.416 e. The van der Waals surface area contributed by atoms with Crippen LogP contribution < -0.4 is 10.1 Å². The van der Waals surface area contributed by atoms with Gasteiger partial charge in [0, 0.05) is 18.3 Å². The molecule has 0 saturated heterocycles. The molecule has 1 aliphatic carbocycles. The van der Waals surface area contributed by atoms with Crippen LogP contribution in [0.1, 0.15) is 48.3 Å². The van der Waals surface area contributed by atoms with Crippen molar-refractivity contribution in [3.63, 3.8) is 0 Å². The molecule has 0 radical (unpaired) electrons. The molecular formula is C28H29F3N2O2. The number of hydrogen-bond acceptors (Lipinski definition) is 2. The molecule has 1 aliphatic rings. The highest BCUT2D eigenvalue weighted by atomic mass is 19.4. The summed E-state index contributed by atoms with van der Waals surface area (Å²) >= 11 is 0. The molecule has 0 spiro atoms. The van der Waals surface area contributed by atoms with Gasteiger partial charge in [0.05, 0.1) is 12.7 Å². The zero-order chi connectivity index (χ0) is 24.8. The van der Waals surface area contributed by atoms with Gasteiger partial charge in [-0.1, -0.05) is 42.5 Å². The van der Waals surface area contributed by atoms with Gasteiger partial charge in [-0.25, -0.2) is 4.79 Å². The van der Waals surface area contributed by atoms with Crippen LogP contribution in [0.2, 0.25) is 0 Å². The van der Waals surface area contributed by atoms with E-state index in [1.165, 1.54) is 17.7 Å². The summed E-state index contributed by atoms with van der Waals surface area (Å²) < 4.78 is 43.9. The van der Waals surface area contributed by atoms with Gasteiger partial charge in [0.2, 0.25) is 0 Å². The summed E-state index contributed by atoms with van der Waals surface area (Å²) in [5, 5.41) is 2.80. The molecular weight excluding hydrogens is 453 g/mol. The predicted octanol–water partition coefficient (Wildman–Crippen LogP) is 7.47. The van der Waals surface area contributed by atoms with Gasteiger partial charge in [-0.3, -0.25) is 0 Å². The fourth-order valence-electron chi connectivity index (χ4n) is 4.68. The van der Waals surface area contributed by atoms with Crippen molar-refractivity contribution >= 4 is 11.7 Å². The normalized spacial score (nSPS) is 18.1. The van der Waals surface area contributed by atoms with E-state index in [1.807, 2.05) is 30.3 Å². The van der Waals surface area contributed by atoms with Crippen LogP contribution >= 0.6 is 0 Å². The first-order valence-corrected chi connectivity index (χ1v) is 11.8. The van der Waals surface area contributed by atoms with E-state index >= 15 is 0 Å². The predicted molar refractivity (Wildman–Crippen MR) is 130 cm³/mol. The van der Waals surface area contributed by atoms with E-state index in [0.717, 1.165) is 49.1 Å². The molecule has 4 nitrogen and oxygen atoms in total. The third kappa shape index (κ3) is 6.35. The SMILES string of the molecule is COc1ccc(CN(C(=O)Nc2ccc(C(F)(F)F)cc2)[C@H]2CC[C@H](c3ccccc3)CC2)cc1. The van der Waals surface area contributed by atoms with Gasteiger partial charge in [-0.15, -0.1) is 0 Å². The lowest BCUT2D eigenvalue weighted by molar-refractivity contribution is -0.137. The fraction of sp³-hybridized carbons (Fsp3) is 0.321. The first-order chi connectivity index (χ1) is 16.8. The van der Waals surface area contributed by atoms with E-state index in [9.17, 15) is 18.0 Å². The van der Waals surface area contributed by atoms with E-state index in [4.69, 9.17) is 4.74 Å². The highest BCUT2D eigenvalue weighted by Crippen LogP contribution is 2.36. The number of ether oxygens (including phenoxy) is 1. The Morgan fingerprint density at radius 1 is 0.914 bits per heavy atom. The Morgan fingerprint density at radius 2 is 1.54 bits per heavy atom. The number of benzene rings is 3. The molecule has 184 valence electrons. The van der Waals surface area contributed by atoms with Gasteiger partial charge in [0.1, 0.15) is 5.75 Å². The number of halogens is 3. The standard InChI is InChI=1S/C28H29F3N2O2/c1-35-26-17-7-20(8-18-26)19-33(25-15-9-22(10-16-25)21-5-3-2-4-6-21)27(34)32-24-13-11-23(12-14-24)28(29,30)31/h2-8,11-14,17-18,22,25H,9-10,15-16,19H2,1H3,(H,32,34)/t22-,25-. The summed E-state index contributed by atoms with van der Waals surface area (Å²) in [5.74, 6) is 1.20. The second-order valence-electron chi connectivity index (χ2n) is 8.90. The summed E-state index contributed by atoms with van der Waals surface area (Å²) in [6, 6.07) is 22.2. The Hall–Kier alpha value is -3.48. The van der Waals surface area contributed by atoms with Crippen molar-refractivity contribution in [1.29, 1.82) is 0 Å². The van der Waals surface area contributed by atoms with Gasteiger partial charge >= 0.3 is 12.2 Å². The number of alkyl halides is 3. The van der Waals surface area contributed by atoms with Crippen molar-refractivity contribution < 1.29 is 22.7 Å². The molecule has 3 aromatic carbocycles. The minimum Gasteiger partial charge on any atom is -0.497 e. The van der Waals surface area contributed by atoms with Crippen LogP contribution in [0.3, 0.4) is 0 Å². The third-order valence-electron chi connectivity index (χ3n) is 6.64. The zero-order valence-corrected chi connectivity index (χ0v) is 19.6. The van der Waals surface area contributed by atoms with Crippen molar-refractivity contribution in [2.24, 2.45) is 0 Å². The van der Waals surface area contributed by atoms with Crippen LogP contribution in [-0.4, -0.2) is 24.1 Å². The first kappa shape index (κ1) is 24.6. The average Bonchev–Trinajstić information content (AvgIpc) is 2.88. The molecule has 1 fully saturated rings. The molecule has 2 amide bonds. The molecule has 4 rings (SSSR count). The molecule has 0 aliphatic heterocycles. The Kier molecular flexibility index (Phi) is 7.63. The van der Waals surface area contributed by atoms with E-state index in [0.29, 0.717) is 18.2 Å². The molecule has 0 bridgehead atoms.